The molecule has 0 fully saturated rings. The van der Waals surface area contributed by atoms with Crippen LogP contribution >= 0.6 is 22.7 Å². The number of benzene rings is 1. The number of hydrogen-bond acceptors (Lipinski definition) is 5. The quantitative estimate of drug-likeness (QED) is 0.741. The summed E-state index contributed by atoms with van der Waals surface area (Å²) < 4.78 is 1.19. The Balaban J connectivity index is 1.54. The zero-order chi connectivity index (χ0) is 16.2. The van der Waals surface area contributed by atoms with Gasteiger partial charge in [0.15, 0.2) is 0 Å². The number of carbonyl (C=O) groups is 1. The van der Waals surface area contributed by atoms with E-state index in [1.807, 2.05) is 54.6 Å². The maximum atomic E-state index is 12.2. The normalized spacial score (nSPS) is 12.7. The number of fused-ring (bicyclic) bond motifs is 1. The van der Waals surface area contributed by atoms with Gasteiger partial charge in [0, 0.05) is 4.88 Å². The Morgan fingerprint density at radius 1 is 1.30 bits per heavy atom. The van der Waals surface area contributed by atoms with Crippen molar-refractivity contribution in [2.45, 2.75) is 19.5 Å². The Bertz CT molecular complexity index is 749. The van der Waals surface area contributed by atoms with E-state index in [2.05, 4.69) is 16.4 Å². The van der Waals surface area contributed by atoms with Gasteiger partial charge in [-0.15, -0.1) is 22.7 Å². The van der Waals surface area contributed by atoms with Crippen LogP contribution in [0.2, 0.25) is 0 Å². The van der Waals surface area contributed by atoms with E-state index in [0.717, 1.165) is 10.5 Å². The van der Waals surface area contributed by atoms with Gasteiger partial charge >= 0.3 is 0 Å². The van der Waals surface area contributed by atoms with E-state index in [4.69, 9.17) is 0 Å². The van der Waals surface area contributed by atoms with Crippen LogP contribution in [-0.4, -0.2) is 29.4 Å². The van der Waals surface area contributed by atoms with Gasteiger partial charge in [-0.1, -0.05) is 18.2 Å². The second-order valence-corrected chi connectivity index (χ2v) is 7.65. The number of nitrogens with one attached hydrogen (secondary N) is 1. The highest BCUT2D eigenvalue weighted by atomic mass is 32.1. The largest absolute Gasteiger partial charge is 0.348 e. The minimum atomic E-state index is 0.0366. The summed E-state index contributed by atoms with van der Waals surface area (Å²) in [4.78, 5) is 19.9. The zero-order valence-corrected chi connectivity index (χ0v) is 14.8. The summed E-state index contributed by atoms with van der Waals surface area (Å²) in [5, 5.41) is 6.10. The minimum absolute atomic E-state index is 0.0366. The third-order valence-corrected chi connectivity index (χ3v) is 5.58. The van der Waals surface area contributed by atoms with E-state index in [0.29, 0.717) is 13.1 Å². The van der Waals surface area contributed by atoms with Crippen LogP contribution in [0.25, 0.3) is 10.2 Å². The molecule has 2 heterocycles. The fraction of sp³-hybridized carbons (Fsp3) is 0.294. The van der Waals surface area contributed by atoms with Crippen LogP contribution in [0.3, 0.4) is 0 Å². The molecule has 1 amide bonds. The van der Waals surface area contributed by atoms with Crippen molar-refractivity contribution in [3.05, 3.63) is 51.7 Å². The predicted molar refractivity (Wildman–Crippen MR) is 96.8 cm³/mol. The molecule has 6 heteroatoms. The Hall–Kier alpha value is -1.76. The third-order valence-electron chi connectivity index (χ3n) is 3.50. The highest BCUT2D eigenvalue weighted by Crippen LogP contribution is 2.22. The molecule has 1 aromatic carbocycles. The lowest BCUT2D eigenvalue weighted by Gasteiger charge is -2.17. The van der Waals surface area contributed by atoms with Crippen molar-refractivity contribution in [1.29, 1.82) is 0 Å². The molecule has 0 bridgehead atoms. The lowest BCUT2D eigenvalue weighted by Crippen LogP contribution is -2.36. The van der Waals surface area contributed by atoms with E-state index in [1.165, 1.54) is 9.58 Å². The topological polar surface area (TPSA) is 45.2 Å². The standard InChI is InChI=1S/C17H19N3OS2/c1-12(14-8-5-9-22-14)18-16(21)10-20(2)11-17-19-13-6-3-4-7-15(13)23-17/h3-9,12H,10-11H2,1-2H3,(H,18,21)/t12-/m1/s1. The smallest absolute Gasteiger partial charge is 0.234 e. The fourth-order valence-corrected chi connectivity index (χ4v) is 4.20. The molecule has 1 atom stereocenters. The summed E-state index contributed by atoms with van der Waals surface area (Å²) in [5.74, 6) is 0.0366. The number of carbonyl (C=O) groups excluding carboxylic acids is 1. The number of aromatic nitrogens is 1. The Kier molecular flexibility index (Phi) is 5.05. The van der Waals surface area contributed by atoms with E-state index in [-0.39, 0.29) is 11.9 Å². The average Bonchev–Trinajstić information content (AvgIpc) is 3.15. The summed E-state index contributed by atoms with van der Waals surface area (Å²) >= 11 is 3.34. The average molecular weight is 345 g/mol. The van der Waals surface area contributed by atoms with E-state index in [9.17, 15) is 4.79 Å². The van der Waals surface area contributed by atoms with Crippen molar-refractivity contribution in [2.75, 3.05) is 13.6 Å². The highest BCUT2D eigenvalue weighted by Gasteiger charge is 2.13. The molecule has 0 aliphatic heterocycles. The molecule has 0 unspecified atom stereocenters. The first-order valence-electron chi connectivity index (χ1n) is 7.47. The van der Waals surface area contributed by atoms with Gasteiger partial charge in [-0.3, -0.25) is 9.69 Å². The van der Waals surface area contributed by atoms with Gasteiger partial charge in [-0.2, -0.15) is 0 Å². The van der Waals surface area contributed by atoms with Crippen LogP contribution in [0.5, 0.6) is 0 Å². The van der Waals surface area contributed by atoms with Crippen LogP contribution in [0.15, 0.2) is 41.8 Å². The molecular weight excluding hydrogens is 326 g/mol. The lowest BCUT2D eigenvalue weighted by atomic mass is 10.3. The van der Waals surface area contributed by atoms with Gasteiger partial charge in [0.2, 0.25) is 5.91 Å². The molecule has 4 nitrogen and oxygen atoms in total. The first-order chi connectivity index (χ1) is 11.1. The summed E-state index contributed by atoms with van der Waals surface area (Å²) in [6.45, 7) is 3.06. The minimum Gasteiger partial charge on any atom is -0.348 e. The Labute approximate surface area is 143 Å². The number of likely N-dealkylation sites (N-methyl/N-ethyl adjacent to an activating group) is 1. The maximum Gasteiger partial charge on any atom is 0.234 e. The first-order valence-corrected chi connectivity index (χ1v) is 9.17. The number of nitrogens with zero attached hydrogens (tertiary/aromatic N) is 2. The van der Waals surface area contributed by atoms with Crippen LogP contribution < -0.4 is 5.32 Å². The second kappa shape index (κ2) is 7.21. The highest BCUT2D eigenvalue weighted by molar-refractivity contribution is 7.18. The number of hydrogen-bond donors (Lipinski definition) is 1. The van der Waals surface area contributed by atoms with Gasteiger partial charge in [0.05, 0.1) is 29.3 Å². The maximum absolute atomic E-state index is 12.2. The molecule has 120 valence electrons. The summed E-state index contributed by atoms with van der Waals surface area (Å²) in [5.41, 5.74) is 1.02. The van der Waals surface area contributed by atoms with Crippen LogP contribution in [0.4, 0.5) is 0 Å². The van der Waals surface area contributed by atoms with Gasteiger partial charge < -0.3 is 5.32 Å². The van der Waals surface area contributed by atoms with Crippen molar-refractivity contribution in [3.63, 3.8) is 0 Å². The van der Waals surface area contributed by atoms with Gasteiger partial charge in [-0.25, -0.2) is 4.98 Å². The van der Waals surface area contributed by atoms with Crippen molar-refractivity contribution in [2.24, 2.45) is 0 Å². The van der Waals surface area contributed by atoms with E-state index < -0.39 is 0 Å². The molecule has 0 saturated carbocycles. The molecule has 23 heavy (non-hydrogen) atoms. The Morgan fingerprint density at radius 3 is 2.87 bits per heavy atom. The number of amides is 1. The number of rotatable bonds is 6. The summed E-state index contributed by atoms with van der Waals surface area (Å²) in [7, 11) is 1.95. The second-order valence-electron chi connectivity index (χ2n) is 5.55. The van der Waals surface area contributed by atoms with E-state index >= 15 is 0 Å². The van der Waals surface area contributed by atoms with Gasteiger partial charge in [0.25, 0.3) is 0 Å². The fourth-order valence-electron chi connectivity index (χ4n) is 2.42. The van der Waals surface area contributed by atoms with Crippen molar-refractivity contribution >= 4 is 38.8 Å². The van der Waals surface area contributed by atoms with E-state index in [1.54, 1.807) is 22.7 Å². The summed E-state index contributed by atoms with van der Waals surface area (Å²) in [6.07, 6.45) is 0. The number of para-hydroxylation sites is 1. The van der Waals surface area contributed by atoms with Crippen LogP contribution in [0.1, 0.15) is 22.9 Å². The molecule has 0 spiro atoms. The monoisotopic (exact) mass is 345 g/mol. The van der Waals surface area contributed by atoms with Crippen molar-refractivity contribution < 1.29 is 4.79 Å². The molecule has 3 rings (SSSR count). The Morgan fingerprint density at radius 2 is 2.13 bits per heavy atom. The van der Waals surface area contributed by atoms with Crippen LogP contribution in [0, 0.1) is 0 Å². The molecule has 0 aliphatic carbocycles. The molecule has 2 aromatic heterocycles. The zero-order valence-electron chi connectivity index (χ0n) is 13.2. The molecule has 0 radical (unpaired) electrons. The van der Waals surface area contributed by atoms with Crippen LogP contribution in [-0.2, 0) is 11.3 Å². The SMILES string of the molecule is C[C@@H](NC(=O)CN(C)Cc1nc2ccccc2s1)c1cccs1. The third kappa shape index (κ3) is 4.16. The molecular formula is C17H19N3OS2. The summed E-state index contributed by atoms with van der Waals surface area (Å²) in [6, 6.07) is 12.2. The van der Waals surface area contributed by atoms with Crippen molar-refractivity contribution in [3.8, 4) is 0 Å². The number of thiazole rings is 1. The molecule has 1 N–H and O–H groups in total. The molecule has 0 saturated heterocycles. The lowest BCUT2D eigenvalue weighted by molar-refractivity contribution is -0.122. The van der Waals surface area contributed by atoms with Crippen molar-refractivity contribution in [1.82, 2.24) is 15.2 Å². The molecule has 3 aromatic rings. The predicted octanol–water partition coefficient (Wildman–Crippen LogP) is 3.67. The van der Waals surface area contributed by atoms with Gasteiger partial charge in [0.1, 0.15) is 5.01 Å². The van der Waals surface area contributed by atoms with Gasteiger partial charge in [-0.05, 0) is 37.6 Å². The molecule has 0 aliphatic rings. The number of thiophene rings is 1. The first kappa shape index (κ1) is 16.1.